The predicted molar refractivity (Wildman–Crippen MR) is 166 cm³/mol. The van der Waals surface area contributed by atoms with Crippen LogP contribution in [0.5, 0.6) is 0 Å². The van der Waals surface area contributed by atoms with Crippen LogP contribution in [-0.2, 0) is 28.7 Å². The number of anilines is 3. The quantitative estimate of drug-likeness (QED) is 0.291. The average molecular weight is 778 g/mol. The zero-order valence-electron chi connectivity index (χ0n) is 24.9. The van der Waals surface area contributed by atoms with Gasteiger partial charge in [0.15, 0.2) is 0 Å². The van der Waals surface area contributed by atoms with Crippen molar-refractivity contribution in [3.05, 3.63) is 54.9 Å². The maximum Gasteiger partial charge on any atom is 0.471 e. The fraction of sp³-hybridized carbons (Fsp3) is 0.385. The zero-order chi connectivity index (χ0) is 36.2. The van der Waals surface area contributed by atoms with Crippen molar-refractivity contribution in [3.8, 4) is 0 Å². The van der Waals surface area contributed by atoms with Gasteiger partial charge in [-0.1, -0.05) is 0 Å². The summed E-state index contributed by atoms with van der Waals surface area (Å²) in [6, 6.07) is 11.6. The Morgan fingerprint density at radius 1 is 0.673 bits per heavy atom. The zero-order valence-corrected chi connectivity index (χ0v) is 28.1. The highest BCUT2D eigenvalue weighted by atomic mass is 35.7. The molecule has 2 amide bonds. The Morgan fingerprint density at radius 2 is 1.06 bits per heavy atom. The van der Waals surface area contributed by atoms with E-state index in [1.165, 1.54) is 42.7 Å². The number of halogens is 7. The van der Waals surface area contributed by atoms with E-state index in [0.29, 0.717) is 11.4 Å². The third-order valence-corrected chi connectivity index (χ3v) is 10.6. The minimum atomic E-state index is -4.88. The van der Waals surface area contributed by atoms with E-state index in [1.807, 2.05) is 0 Å². The van der Waals surface area contributed by atoms with Crippen molar-refractivity contribution in [2.24, 2.45) is 0 Å². The largest absolute Gasteiger partial charge is 0.471 e. The van der Waals surface area contributed by atoms with Crippen molar-refractivity contribution in [3.63, 3.8) is 0 Å². The lowest BCUT2D eigenvalue weighted by Gasteiger charge is -2.36. The van der Waals surface area contributed by atoms with Gasteiger partial charge in [0.1, 0.15) is 6.33 Å². The number of benzene rings is 2. The minimum Gasteiger partial charge on any atom is -0.368 e. The number of alkyl halides is 6. The van der Waals surface area contributed by atoms with Gasteiger partial charge in [0.2, 0.25) is 5.13 Å². The number of nitrogens with zero attached hydrogens (tertiary/aromatic N) is 6. The molecular formula is C26H26ClF6N7O6S3. The van der Waals surface area contributed by atoms with E-state index in [1.54, 1.807) is 21.9 Å². The van der Waals surface area contributed by atoms with Gasteiger partial charge in [0.05, 0.1) is 9.79 Å². The van der Waals surface area contributed by atoms with E-state index in [2.05, 4.69) is 14.1 Å². The van der Waals surface area contributed by atoms with Crippen molar-refractivity contribution in [1.82, 2.24) is 19.2 Å². The van der Waals surface area contributed by atoms with E-state index >= 15 is 0 Å². The average Bonchev–Trinajstić information content (AvgIpc) is 3.56. The van der Waals surface area contributed by atoms with Gasteiger partial charge in [-0.15, -0.1) is 0 Å². The molecule has 0 bridgehead atoms. The van der Waals surface area contributed by atoms with Crippen molar-refractivity contribution in [1.29, 1.82) is 0 Å². The van der Waals surface area contributed by atoms with Crippen molar-refractivity contribution in [2.45, 2.75) is 22.1 Å². The van der Waals surface area contributed by atoms with Gasteiger partial charge in [-0.05, 0) is 48.5 Å². The van der Waals surface area contributed by atoms with Crippen LogP contribution in [0.25, 0.3) is 0 Å². The van der Waals surface area contributed by atoms with Crippen LogP contribution in [0.3, 0.4) is 0 Å². The third kappa shape index (κ3) is 10.1. The molecule has 2 aromatic carbocycles. The van der Waals surface area contributed by atoms with E-state index in [4.69, 9.17) is 10.7 Å². The molecule has 268 valence electrons. The first-order valence-corrected chi connectivity index (χ1v) is 18.5. The molecule has 2 fully saturated rings. The van der Waals surface area contributed by atoms with Crippen LogP contribution in [0, 0.1) is 0 Å². The second-order valence-corrected chi connectivity index (χ2v) is 15.4. The topological polar surface area (TPSA) is 153 Å². The lowest BCUT2D eigenvalue weighted by molar-refractivity contribution is -0.185. The predicted octanol–water partition coefficient (Wildman–Crippen LogP) is 3.37. The molecule has 0 saturated carbocycles. The van der Waals surface area contributed by atoms with Crippen molar-refractivity contribution >= 4 is 69.6 Å². The summed E-state index contributed by atoms with van der Waals surface area (Å²) in [6.45, 7) is 0.688. The monoisotopic (exact) mass is 777 g/mol. The van der Waals surface area contributed by atoms with E-state index in [0.717, 1.165) is 21.3 Å². The van der Waals surface area contributed by atoms with Gasteiger partial charge in [0.25, 0.3) is 19.1 Å². The molecule has 2 aliphatic rings. The number of rotatable bonds is 6. The normalized spacial score (nSPS) is 16.1. The molecule has 0 radical (unpaired) electrons. The Hall–Kier alpha value is -3.89. The summed E-state index contributed by atoms with van der Waals surface area (Å²) in [5.74, 6) is -3.68. The van der Waals surface area contributed by atoms with Gasteiger partial charge in [-0.25, -0.2) is 21.8 Å². The molecule has 1 N–H and O–H groups in total. The molecular weight excluding hydrogens is 752 g/mol. The Kier molecular flexibility index (Phi) is 11.6. The van der Waals surface area contributed by atoms with Crippen LogP contribution in [0.15, 0.2) is 64.6 Å². The molecule has 49 heavy (non-hydrogen) atoms. The fourth-order valence-electron chi connectivity index (χ4n) is 4.74. The van der Waals surface area contributed by atoms with E-state index in [9.17, 15) is 52.8 Å². The summed E-state index contributed by atoms with van der Waals surface area (Å²) in [5, 5.41) is 0.143. The first-order chi connectivity index (χ1) is 22.8. The number of carbonyl (C=O) groups excluding carboxylic acids is 2. The second-order valence-electron chi connectivity index (χ2n) is 10.3. The summed E-state index contributed by atoms with van der Waals surface area (Å²) in [4.78, 5) is 31.2. The highest BCUT2D eigenvalue weighted by Crippen LogP contribution is 2.25. The molecule has 0 spiro atoms. The van der Waals surface area contributed by atoms with Crippen LogP contribution in [0.4, 0.5) is 42.8 Å². The lowest BCUT2D eigenvalue weighted by atomic mass is 10.2. The van der Waals surface area contributed by atoms with Crippen molar-refractivity contribution in [2.75, 3.05) is 66.9 Å². The van der Waals surface area contributed by atoms with Gasteiger partial charge in [-0.2, -0.15) is 30.7 Å². The number of piperazine rings is 2. The van der Waals surface area contributed by atoms with Crippen LogP contribution in [-0.4, -0.2) is 113 Å². The molecule has 3 heterocycles. The molecule has 2 aliphatic heterocycles. The smallest absolute Gasteiger partial charge is 0.368 e. The molecule has 2 saturated heterocycles. The van der Waals surface area contributed by atoms with Gasteiger partial charge in [-0.3, -0.25) is 14.3 Å². The molecule has 0 aliphatic carbocycles. The molecule has 5 rings (SSSR count). The Bertz CT molecular complexity index is 1810. The van der Waals surface area contributed by atoms with Crippen LogP contribution >= 0.6 is 22.2 Å². The molecule has 1 aromatic heterocycles. The number of sulfonamides is 1. The highest BCUT2D eigenvalue weighted by Gasteiger charge is 2.44. The number of nitrogens with one attached hydrogen (secondary N) is 1. The maximum absolute atomic E-state index is 12.5. The number of aromatic nitrogens is 2. The summed E-state index contributed by atoms with van der Waals surface area (Å²) in [6.07, 6.45) is -8.51. The van der Waals surface area contributed by atoms with Gasteiger partial charge in [0, 0.05) is 85.9 Å². The second kappa shape index (κ2) is 14.9. The summed E-state index contributed by atoms with van der Waals surface area (Å²) in [5.41, 5.74) is 1.31. The molecule has 13 nitrogen and oxygen atoms in total. The van der Waals surface area contributed by atoms with E-state index < -0.39 is 43.2 Å². The van der Waals surface area contributed by atoms with E-state index in [-0.39, 0.29) is 67.3 Å². The number of hydrogen-bond donors (Lipinski definition) is 1. The number of amides is 2. The van der Waals surface area contributed by atoms with Crippen LogP contribution in [0.2, 0.25) is 0 Å². The highest BCUT2D eigenvalue weighted by molar-refractivity contribution is 8.13. The Balaban J connectivity index is 0.000000226. The standard InChI is InChI=1S/C14H14F3N5O3S2.C12H12ClF3N2O3S/c15-14(16,17)12(23)22-7-5-21(6-8-22)10-1-3-11(4-2-10)27(24,25)20-13-18-9-19-26-13;13-22(20,21)10-3-1-9(2-4-10)17-5-7-18(8-6-17)11(19)12(14,15)16/h1-4,9H,5-8H2,(H,18,19,20);1-4H,5-8H2. The Morgan fingerprint density at radius 3 is 1.39 bits per heavy atom. The summed E-state index contributed by atoms with van der Waals surface area (Å²) < 4.78 is 127. The maximum atomic E-state index is 12.5. The minimum absolute atomic E-state index is 0.0207. The van der Waals surface area contributed by atoms with Gasteiger partial charge < -0.3 is 19.6 Å². The molecule has 3 aromatic rings. The first kappa shape index (κ1) is 37.9. The van der Waals surface area contributed by atoms with Gasteiger partial charge >= 0.3 is 24.2 Å². The van der Waals surface area contributed by atoms with Crippen molar-refractivity contribution < 1.29 is 52.8 Å². The molecule has 0 unspecified atom stereocenters. The lowest BCUT2D eigenvalue weighted by Crippen LogP contribution is -2.52. The molecule has 0 atom stereocenters. The molecule has 23 heteroatoms. The van der Waals surface area contributed by atoms with Crippen LogP contribution in [0.1, 0.15) is 0 Å². The summed E-state index contributed by atoms with van der Waals surface area (Å²) in [7, 11) is -2.42. The SMILES string of the molecule is O=C(N1CCN(c2ccc(S(=O)(=O)Cl)cc2)CC1)C(F)(F)F.O=C(N1CCN(c2ccc(S(=O)(=O)Nc3ncns3)cc2)CC1)C(F)(F)F. The van der Waals surface area contributed by atoms with Crippen LogP contribution < -0.4 is 14.5 Å². The Labute approximate surface area is 284 Å². The third-order valence-electron chi connectivity index (χ3n) is 7.20. The first-order valence-electron chi connectivity index (χ1n) is 13.9. The summed E-state index contributed by atoms with van der Waals surface area (Å²) >= 11 is 0.903. The number of hydrogen-bond acceptors (Lipinski definition) is 11. The number of carbonyl (C=O) groups is 2. The fourth-order valence-corrected chi connectivity index (χ4v) is 7.17.